The summed E-state index contributed by atoms with van der Waals surface area (Å²) in [5.41, 5.74) is 3.03. The molecule has 3 heterocycles. The topological polar surface area (TPSA) is 69.7 Å². The van der Waals surface area contributed by atoms with Crippen molar-refractivity contribution < 1.29 is 23.4 Å². The molecule has 0 aliphatic carbocycles. The number of carbonyl (C=O) groups excluding carboxylic acids is 1. The van der Waals surface area contributed by atoms with Crippen LogP contribution in [0.2, 0.25) is 0 Å². The summed E-state index contributed by atoms with van der Waals surface area (Å²) >= 11 is 0. The molecule has 2 aromatic carbocycles. The van der Waals surface area contributed by atoms with Gasteiger partial charge in [-0.25, -0.2) is 4.39 Å². The fourth-order valence-corrected chi connectivity index (χ4v) is 3.71. The van der Waals surface area contributed by atoms with Crippen LogP contribution in [0.15, 0.2) is 54.7 Å². The van der Waals surface area contributed by atoms with Crippen LogP contribution in [0.4, 0.5) is 4.39 Å². The summed E-state index contributed by atoms with van der Waals surface area (Å²) in [7, 11) is 0. The van der Waals surface area contributed by atoms with E-state index in [9.17, 15) is 9.18 Å². The predicted molar refractivity (Wildman–Crippen MR) is 107 cm³/mol. The second kappa shape index (κ2) is 7.67. The number of carbonyl (C=O) groups is 1. The van der Waals surface area contributed by atoms with E-state index in [1.54, 1.807) is 18.3 Å². The summed E-state index contributed by atoms with van der Waals surface area (Å²) in [6, 6.07) is 14.3. The van der Waals surface area contributed by atoms with Gasteiger partial charge in [0.05, 0.1) is 18.7 Å². The number of rotatable bonds is 5. The number of halogens is 1. The number of hydrogen-bond donors (Lipinski definition) is 1. The summed E-state index contributed by atoms with van der Waals surface area (Å²) in [5.74, 6) is 1.03. The molecule has 1 N–H and O–H groups in total. The van der Waals surface area contributed by atoms with Crippen LogP contribution in [0, 0.1) is 5.82 Å². The van der Waals surface area contributed by atoms with Gasteiger partial charge in [-0.05, 0) is 42.0 Å². The number of fused-ring (bicyclic) bond motifs is 2. The van der Waals surface area contributed by atoms with Gasteiger partial charge in [0.15, 0.2) is 23.1 Å². The molecule has 1 amide bonds. The Morgan fingerprint density at radius 1 is 1.13 bits per heavy atom. The van der Waals surface area contributed by atoms with Gasteiger partial charge in [-0.3, -0.25) is 9.78 Å². The largest absolute Gasteiger partial charge is 0.485 e. The maximum atomic E-state index is 14.5. The van der Waals surface area contributed by atoms with Crippen LogP contribution in [-0.2, 0) is 17.6 Å². The molecule has 0 bridgehead atoms. The molecule has 7 heteroatoms. The van der Waals surface area contributed by atoms with E-state index < -0.39 is 5.82 Å². The first-order valence-electron chi connectivity index (χ1n) is 9.71. The van der Waals surface area contributed by atoms with Gasteiger partial charge in [0, 0.05) is 23.7 Å². The Labute approximate surface area is 172 Å². The van der Waals surface area contributed by atoms with E-state index in [-0.39, 0.29) is 31.0 Å². The van der Waals surface area contributed by atoms with Crippen LogP contribution in [0.1, 0.15) is 11.1 Å². The first-order valence-corrected chi connectivity index (χ1v) is 9.71. The summed E-state index contributed by atoms with van der Waals surface area (Å²) in [4.78, 5) is 16.6. The number of hydrogen-bond acceptors (Lipinski definition) is 5. The van der Waals surface area contributed by atoms with Gasteiger partial charge in [0.25, 0.3) is 0 Å². The number of aromatic nitrogens is 1. The van der Waals surface area contributed by atoms with E-state index in [4.69, 9.17) is 14.2 Å². The Kier molecular flexibility index (Phi) is 4.71. The molecule has 1 atom stereocenters. The fraction of sp³-hybridized carbons (Fsp3) is 0.217. The number of amides is 1. The molecule has 0 saturated heterocycles. The molecule has 0 spiro atoms. The number of pyridine rings is 1. The lowest BCUT2D eigenvalue weighted by Gasteiger charge is -2.12. The Hall–Kier alpha value is -3.61. The third kappa shape index (κ3) is 3.66. The normalized spacial score (nSPS) is 16.1. The van der Waals surface area contributed by atoms with Crippen LogP contribution in [0.5, 0.6) is 17.2 Å². The highest BCUT2D eigenvalue weighted by atomic mass is 19.1. The lowest BCUT2D eigenvalue weighted by Crippen LogP contribution is -2.35. The smallest absolute Gasteiger partial charge is 0.231 e. The summed E-state index contributed by atoms with van der Waals surface area (Å²) in [6.07, 6.45) is 2.11. The van der Waals surface area contributed by atoms with Gasteiger partial charge in [0.2, 0.25) is 12.7 Å². The van der Waals surface area contributed by atoms with Gasteiger partial charge >= 0.3 is 0 Å². The number of nitrogens with zero attached hydrogens (tertiary/aromatic N) is 1. The van der Waals surface area contributed by atoms with Crippen LogP contribution in [0.3, 0.4) is 0 Å². The van der Waals surface area contributed by atoms with E-state index in [2.05, 4.69) is 10.3 Å². The zero-order valence-corrected chi connectivity index (χ0v) is 16.1. The number of benzene rings is 2. The van der Waals surface area contributed by atoms with E-state index in [1.165, 1.54) is 6.07 Å². The van der Waals surface area contributed by atoms with Crippen LogP contribution >= 0.6 is 0 Å². The summed E-state index contributed by atoms with van der Waals surface area (Å²) < 4.78 is 30.9. The Bertz CT molecular complexity index is 1100. The molecule has 0 saturated carbocycles. The molecular formula is C23H19FN2O4. The average Bonchev–Trinajstić information content (AvgIpc) is 3.39. The molecule has 3 aromatic rings. The SMILES string of the molecule is O=C(Cc1ccc2c(c1)OCO2)NC[C@H]1Cc2cc(-c3ccccn3)cc(F)c2O1. The summed E-state index contributed by atoms with van der Waals surface area (Å²) in [5, 5.41) is 2.87. The quantitative estimate of drug-likeness (QED) is 0.704. The Morgan fingerprint density at radius 2 is 2.03 bits per heavy atom. The molecule has 0 fully saturated rings. The highest BCUT2D eigenvalue weighted by Crippen LogP contribution is 2.35. The zero-order valence-electron chi connectivity index (χ0n) is 16.1. The number of ether oxygens (including phenoxy) is 3. The first-order chi connectivity index (χ1) is 14.7. The first kappa shape index (κ1) is 18.4. The molecular weight excluding hydrogens is 387 g/mol. The van der Waals surface area contributed by atoms with Crippen molar-refractivity contribution in [2.75, 3.05) is 13.3 Å². The molecule has 6 nitrogen and oxygen atoms in total. The second-order valence-electron chi connectivity index (χ2n) is 7.27. The maximum Gasteiger partial charge on any atom is 0.231 e. The van der Waals surface area contributed by atoms with Gasteiger partial charge in [-0.1, -0.05) is 12.1 Å². The highest BCUT2D eigenvalue weighted by Gasteiger charge is 2.27. The van der Waals surface area contributed by atoms with Gasteiger partial charge < -0.3 is 19.5 Å². The van der Waals surface area contributed by atoms with Crippen molar-refractivity contribution in [3.05, 3.63) is 71.7 Å². The molecule has 2 aliphatic rings. The van der Waals surface area contributed by atoms with Crippen molar-refractivity contribution in [1.29, 1.82) is 0 Å². The molecule has 152 valence electrons. The second-order valence-corrected chi connectivity index (χ2v) is 7.27. The van der Waals surface area contributed by atoms with E-state index in [0.29, 0.717) is 35.7 Å². The Balaban J connectivity index is 1.20. The van der Waals surface area contributed by atoms with Crippen molar-refractivity contribution in [1.82, 2.24) is 10.3 Å². The van der Waals surface area contributed by atoms with Crippen molar-refractivity contribution in [3.8, 4) is 28.5 Å². The van der Waals surface area contributed by atoms with E-state index in [1.807, 2.05) is 30.3 Å². The number of nitrogens with one attached hydrogen (secondary N) is 1. The third-order valence-electron chi connectivity index (χ3n) is 5.14. The molecule has 5 rings (SSSR count). The lowest BCUT2D eigenvalue weighted by molar-refractivity contribution is -0.120. The third-order valence-corrected chi connectivity index (χ3v) is 5.14. The van der Waals surface area contributed by atoms with Gasteiger partial charge in [-0.15, -0.1) is 0 Å². The Morgan fingerprint density at radius 3 is 2.90 bits per heavy atom. The minimum Gasteiger partial charge on any atom is -0.485 e. The predicted octanol–water partition coefficient (Wildman–Crippen LogP) is 3.28. The standard InChI is InChI=1S/C23H19FN2O4/c24-18-11-15(19-3-1-2-6-25-19)9-16-10-17(30-23(16)18)12-26-22(27)8-14-4-5-20-21(7-14)29-13-28-20/h1-7,9,11,17H,8,10,12-13H2,(H,26,27)/t17-/m1/s1. The average molecular weight is 406 g/mol. The monoisotopic (exact) mass is 406 g/mol. The van der Waals surface area contributed by atoms with E-state index >= 15 is 0 Å². The maximum absolute atomic E-state index is 14.5. The molecule has 1 aromatic heterocycles. The minimum absolute atomic E-state index is 0.136. The van der Waals surface area contributed by atoms with E-state index in [0.717, 1.165) is 11.1 Å². The van der Waals surface area contributed by atoms with Crippen LogP contribution < -0.4 is 19.5 Å². The van der Waals surface area contributed by atoms with Crippen molar-refractivity contribution in [2.24, 2.45) is 0 Å². The molecule has 30 heavy (non-hydrogen) atoms. The minimum atomic E-state index is -0.415. The van der Waals surface area contributed by atoms with Crippen molar-refractivity contribution in [3.63, 3.8) is 0 Å². The van der Waals surface area contributed by atoms with Crippen molar-refractivity contribution >= 4 is 5.91 Å². The zero-order chi connectivity index (χ0) is 20.5. The van der Waals surface area contributed by atoms with Crippen LogP contribution in [-0.4, -0.2) is 30.3 Å². The summed E-state index contributed by atoms with van der Waals surface area (Å²) in [6.45, 7) is 0.500. The van der Waals surface area contributed by atoms with Gasteiger partial charge in [0.1, 0.15) is 6.10 Å². The van der Waals surface area contributed by atoms with Crippen LogP contribution in [0.25, 0.3) is 11.3 Å². The molecule has 2 aliphatic heterocycles. The lowest BCUT2D eigenvalue weighted by atomic mass is 10.0. The molecule has 0 unspecified atom stereocenters. The molecule has 0 radical (unpaired) electrons. The van der Waals surface area contributed by atoms with Crippen molar-refractivity contribution in [2.45, 2.75) is 18.9 Å². The highest BCUT2D eigenvalue weighted by molar-refractivity contribution is 5.79. The van der Waals surface area contributed by atoms with Gasteiger partial charge in [-0.2, -0.15) is 0 Å². The fourth-order valence-electron chi connectivity index (χ4n) is 3.71.